The molecular weight excluding hydrogens is 258 g/mol. The molecule has 1 aromatic rings. The summed E-state index contributed by atoms with van der Waals surface area (Å²) in [5.41, 5.74) is 6.57. The van der Waals surface area contributed by atoms with Crippen LogP contribution in [0.15, 0.2) is 30.5 Å². The van der Waals surface area contributed by atoms with Crippen molar-refractivity contribution in [3.8, 4) is 0 Å². The Hall–Kier alpha value is -2.63. The smallest absolute Gasteiger partial charge is 0.264 e. The van der Waals surface area contributed by atoms with Gasteiger partial charge >= 0.3 is 0 Å². The number of allylic oxidation sites excluding steroid dienone is 1. The first kappa shape index (κ1) is 11.2. The molecule has 1 atom stereocenters. The van der Waals surface area contributed by atoms with Crippen molar-refractivity contribution in [1.82, 2.24) is 10.2 Å². The van der Waals surface area contributed by atoms with E-state index >= 15 is 0 Å². The molecular formula is C14H13N3O3. The quantitative estimate of drug-likeness (QED) is 0.580. The number of rotatable bonds is 1. The molecule has 3 rings (SSSR count). The van der Waals surface area contributed by atoms with Crippen molar-refractivity contribution in [2.24, 2.45) is 0 Å². The third-order valence-corrected chi connectivity index (χ3v) is 3.43. The number of hydrogen-bond donors (Lipinski definition) is 2. The Balaban J connectivity index is 2.08. The Morgan fingerprint density at radius 1 is 1.35 bits per heavy atom. The zero-order valence-electron chi connectivity index (χ0n) is 11.6. The summed E-state index contributed by atoms with van der Waals surface area (Å²) in [7, 11) is 0. The van der Waals surface area contributed by atoms with Crippen molar-refractivity contribution >= 4 is 23.4 Å². The molecule has 0 saturated carbocycles. The molecule has 0 radical (unpaired) electrons. The van der Waals surface area contributed by atoms with E-state index in [1.165, 1.54) is 12.1 Å². The fourth-order valence-electron chi connectivity index (χ4n) is 2.45. The summed E-state index contributed by atoms with van der Waals surface area (Å²) >= 11 is 0. The maximum Gasteiger partial charge on any atom is 0.264 e. The van der Waals surface area contributed by atoms with Gasteiger partial charge < -0.3 is 11.1 Å². The lowest BCUT2D eigenvalue weighted by Crippen LogP contribution is -2.51. The first-order valence-electron chi connectivity index (χ1n) is 6.63. The summed E-state index contributed by atoms with van der Waals surface area (Å²) in [6, 6.07) is 2.56. The highest BCUT2D eigenvalue weighted by Crippen LogP contribution is 2.31. The van der Waals surface area contributed by atoms with Crippen LogP contribution in [-0.2, 0) is 4.79 Å². The number of nitrogens with zero attached hydrogens (tertiary/aromatic N) is 1. The number of anilines is 1. The molecule has 0 spiro atoms. The Labute approximate surface area is 116 Å². The maximum absolute atomic E-state index is 12.5. The van der Waals surface area contributed by atoms with E-state index in [-0.39, 0.29) is 23.2 Å². The van der Waals surface area contributed by atoms with E-state index in [4.69, 9.17) is 7.10 Å². The van der Waals surface area contributed by atoms with Gasteiger partial charge in [-0.05, 0) is 25.0 Å². The lowest BCUT2D eigenvalue weighted by Gasteiger charge is -2.29. The fourth-order valence-corrected chi connectivity index (χ4v) is 2.45. The van der Waals surface area contributed by atoms with E-state index in [1.54, 1.807) is 6.07 Å². The van der Waals surface area contributed by atoms with Gasteiger partial charge in [-0.15, -0.1) is 0 Å². The van der Waals surface area contributed by atoms with E-state index in [1.807, 2.05) is 0 Å². The van der Waals surface area contributed by atoms with Crippen LogP contribution in [0.25, 0.3) is 0 Å². The number of nitrogen functional groups attached to an aromatic ring is 1. The van der Waals surface area contributed by atoms with Gasteiger partial charge in [0.1, 0.15) is 6.02 Å². The highest BCUT2D eigenvalue weighted by atomic mass is 16.2. The standard InChI is InChI=1S/C14H13N3O3/c1-7-5-6-10(12(18)16-7)17-13(19)8-3-2-4-9(15)11(8)14(17)20/h2-4,10H,1,5-6,15H2,(H,16,18)/i10D. The van der Waals surface area contributed by atoms with Crippen molar-refractivity contribution in [1.29, 1.82) is 0 Å². The molecule has 102 valence electrons. The largest absolute Gasteiger partial charge is 0.398 e. The number of imide groups is 1. The number of carbonyl (C=O) groups excluding carboxylic acids is 3. The van der Waals surface area contributed by atoms with E-state index < -0.39 is 23.7 Å². The zero-order valence-corrected chi connectivity index (χ0v) is 10.6. The Morgan fingerprint density at radius 3 is 2.75 bits per heavy atom. The predicted molar refractivity (Wildman–Crippen MR) is 71.7 cm³/mol. The van der Waals surface area contributed by atoms with Gasteiger partial charge in [-0.2, -0.15) is 0 Å². The lowest BCUT2D eigenvalue weighted by molar-refractivity contribution is -0.125. The van der Waals surface area contributed by atoms with E-state index in [9.17, 15) is 14.4 Å². The van der Waals surface area contributed by atoms with Crippen LogP contribution in [0, 0.1) is 0 Å². The minimum Gasteiger partial charge on any atom is -0.398 e. The molecule has 2 aliphatic heterocycles. The Morgan fingerprint density at radius 2 is 2.10 bits per heavy atom. The fraction of sp³-hybridized carbons (Fsp3) is 0.214. The molecule has 2 heterocycles. The van der Waals surface area contributed by atoms with Crippen molar-refractivity contribution < 1.29 is 15.8 Å². The highest BCUT2D eigenvalue weighted by Gasteiger charge is 2.44. The average Bonchev–Trinajstić information content (AvgIpc) is 2.68. The summed E-state index contributed by atoms with van der Waals surface area (Å²) in [5.74, 6) is -2.10. The van der Waals surface area contributed by atoms with Gasteiger partial charge in [0, 0.05) is 11.4 Å². The monoisotopic (exact) mass is 272 g/mol. The molecule has 20 heavy (non-hydrogen) atoms. The summed E-state index contributed by atoms with van der Waals surface area (Å²) < 4.78 is 8.31. The normalized spacial score (nSPS) is 26.4. The molecule has 1 unspecified atom stereocenters. The van der Waals surface area contributed by atoms with Crippen LogP contribution in [0.4, 0.5) is 5.69 Å². The van der Waals surface area contributed by atoms with Gasteiger partial charge in [0.15, 0.2) is 0 Å². The van der Waals surface area contributed by atoms with Crippen LogP contribution in [0.3, 0.4) is 0 Å². The number of hydrogen-bond acceptors (Lipinski definition) is 4. The van der Waals surface area contributed by atoms with Gasteiger partial charge in [-0.3, -0.25) is 19.3 Å². The second-order valence-electron chi connectivity index (χ2n) is 4.72. The van der Waals surface area contributed by atoms with Crippen LogP contribution in [0.2, 0.25) is 0 Å². The minimum absolute atomic E-state index is 0.0169. The van der Waals surface area contributed by atoms with Crippen molar-refractivity contribution in [3.05, 3.63) is 41.6 Å². The molecule has 2 aliphatic rings. The predicted octanol–water partition coefficient (Wildman–Crippen LogP) is 0.657. The summed E-state index contributed by atoms with van der Waals surface area (Å²) in [6.45, 7) is 3.62. The molecule has 1 saturated heterocycles. The number of nitrogens with two attached hydrogens (primary N) is 1. The molecule has 0 aliphatic carbocycles. The van der Waals surface area contributed by atoms with Crippen molar-refractivity contribution in [2.75, 3.05) is 5.73 Å². The molecule has 3 N–H and O–H groups in total. The van der Waals surface area contributed by atoms with Gasteiger partial charge in [0.05, 0.1) is 12.5 Å². The number of nitrogens with one attached hydrogen (secondary N) is 1. The Bertz CT molecular complexity index is 715. The maximum atomic E-state index is 12.5. The van der Waals surface area contributed by atoms with Gasteiger partial charge in [0.2, 0.25) is 5.91 Å². The minimum atomic E-state index is -1.97. The molecule has 6 nitrogen and oxygen atoms in total. The lowest BCUT2D eigenvalue weighted by atomic mass is 10.0. The van der Waals surface area contributed by atoms with Gasteiger partial charge in [-0.25, -0.2) is 0 Å². The molecule has 3 amide bonds. The van der Waals surface area contributed by atoms with Crippen LogP contribution in [-0.4, -0.2) is 28.6 Å². The Kier molecular flexibility index (Phi) is 2.35. The molecule has 0 bridgehead atoms. The molecule has 0 aromatic heterocycles. The second-order valence-corrected chi connectivity index (χ2v) is 4.72. The van der Waals surface area contributed by atoms with Gasteiger partial charge in [-0.1, -0.05) is 12.6 Å². The summed E-state index contributed by atoms with van der Waals surface area (Å²) in [4.78, 5) is 37.7. The SMILES string of the molecule is [2H]C1(N2C(=O)c3cccc(N)c3C2=O)CCC(=C)NC1=O. The third kappa shape index (κ3) is 1.61. The average molecular weight is 272 g/mol. The summed E-state index contributed by atoms with van der Waals surface area (Å²) in [5, 5.41) is 2.43. The van der Waals surface area contributed by atoms with Gasteiger partial charge in [0.25, 0.3) is 11.8 Å². The number of piperidine rings is 1. The summed E-state index contributed by atoms with van der Waals surface area (Å²) in [6.07, 6.45) is 0.348. The zero-order chi connectivity index (χ0) is 15.4. The van der Waals surface area contributed by atoms with Crippen molar-refractivity contribution in [3.63, 3.8) is 0 Å². The number of fused-ring (bicyclic) bond motifs is 1. The number of amides is 3. The highest BCUT2D eigenvalue weighted by molar-refractivity contribution is 6.25. The topological polar surface area (TPSA) is 92.5 Å². The molecule has 1 fully saturated rings. The molecule has 1 aromatic carbocycles. The number of benzene rings is 1. The van der Waals surface area contributed by atoms with E-state index in [2.05, 4.69) is 11.9 Å². The first-order valence-corrected chi connectivity index (χ1v) is 6.13. The third-order valence-electron chi connectivity index (χ3n) is 3.43. The van der Waals surface area contributed by atoms with Crippen molar-refractivity contribution in [2.45, 2.75) is 18.9 Å². The van der Waals surface area contributed by atoms with E-state index in [0.29, 0.717) is 17.0 Å². The second kappa shape index (κ2) is 4.19. The van der Waals surface area contributed by atoms with Crippen LogP contribution < -0.4 is 11.1 Å². The van der Waals surface area contributed by atoms with Crippen LogP contribution in [0.5, 0.6) is 0 Å². The van der Waals surface area contributed by atoms with Crippen LogP contribution in [0.1, 0.15) is 34.9 Å². The molecule has 6 heteroatoms. The van der Waals surface area contributed by atoms with E-state index in [0.717, 1.165) is 0 Å². The van der Waals surface area contributed by atoms with Crippen LogP contribution >= 0.6 is 0 Å². The first-order chi connectivity index (χ1) is 9.86. The number of carbonyl (C=O) groups is 3.